The van der Waals surface area contributed by atoms with Crippen molar-refractivity contribution >= 4 is 33.8 Å². The first-order valence-corrected chi connectivity index (χ1v) is 10.1. The first kappa shape index (κ1) is 21.6. The zero-order valence-electron chi connectivity index (χ0n) is 17.9. The molecular formula is C23H26NO6-. The highest BCUT2D eigenvalue weighted by Crippen LogP contribution is 2.34. The SMILES string of the molecule is CCCC[C@@H](NC(=O)Cc1c(C)c2cc3c(C)c(C)oc3c(C)c2oc1=O)C(=O)[O-]. The number of amides is 1. The van der Waals surface area contributed by atoms with Crippen LogP contribution in [0.3, 0.4) is 0 Å². The van der Waals surface area contributed by atoms with Crippen LogP contribution in [0.15, 0.2) is 19.7 Å². The van der Waals surface area contributed by atoms with E-state index < -0.39 is 23.5 Å². The Balaban J connectivity index is 2.01. The van der Waals surface area contributed by atoms with Crippen LogP contribution in [-0.4, -0.2) is 17.9 Å². The molecule has 0 aliphatic rings. The summed E-state index contributed by atoms with van der Waals surface area (Å²) >= 11 is 0. The molecule has 0 unspecified atom stereocenters. The Bertz CT molecular complexity index is 1200. The van der Waals surface area contributed by atoms with Gasteiger partial charge in [0.2, 0.25) is 5.91 Å². The Morgan fingerprint density at radius 2 is 1.67 bits per heavy atom. The van der Waals surface area contributed by atoms with E-state index in [1.54, 1.807) is 6.92 Å². The van der Waals surface area contributed by atoms with Crippen molar-refractivity contribution in [2.24, 2.45) is 0 Å². The normalized spacial score (nSPS) is 12.4. The van der Waals surface area contributed by atoms with Crippen LogP contribution in [0, 0.1) is 27.7 Å². The second-order valence-electron chi connectivity index (χ2n) is 7.79. The highest BCUT2D eigenvalue weighted by molar-refractivity contribution is 6.00. The van der Waals surface area contributed by atoms with E-state index >= 15 is 0 Å². The lowest BCUT2D eigenvalue weighted by molar-refractivity contribution is -0.308. The van der Waals surface area contributed by atoms with Crippen molar-refractivity contribution in [3.8, 4) is 0 Å². The average molecular weight is 412 g/mol. The maximum absolute atomic E-state index is 12.6. The maximum Gasteiger partial charge on any atom is 0.340 e. The third-order valence-electron chi connectivity index (χ3n) is 5.75. The van der Waals surface area contributed by atoms with Gasteiger partial charge in [0.15, 0.2) is 0 Å². The third kappa shape index (κ3) is 3.84. The number of aliphatic carboxylic acids is 1. The monoisotopic (exact) mass is 412 g/mol. The summed E-state index contributed by atoms with van der Waals surface area (Å²) in [6, 6.07) is 0.831. The van der Waals surface area contributed by atoms with Crippen molar-refractivity contribution in [1.29, 1.82) is 0 Å². The van der Waals surface area contributed by atoms with Gasteiger partial charge in [0.05, 0.1) is 24.0 Å². The lowest BCUT2D eigenvalue weighted by atomic mass is 9.98. The highest BCUT2D eigenvalue weighted by atomic mass is 16.4. The highest BCUT2D eigenvalue weighted by Gasteiger charge is 2.21. The van der Waals surface area contributed by atoms with Gasteiger partial charge in [0.1, 0.15) is 16.9 Å². The molecule has 1 N–H and O–H groups in total. The van der Waals surface area contributed by atoms with E-state index in [1.807, 2.05) is 33.8 Å². The van der Waals surface area contributed by atoms with Gasteiger partial charge >= 0.3 is 5.63 Å². The average Bonchev–Trinajstić information content (AvgIpc) is 2.98. The van der Waals surface area contributed by atoms with Crippen LogP contribution >= 0.6 is 0 Å². The number of furan rings is 1. The summed E-state index contributed by atoms with van der Waals surface area (Å²) in [6.45, 7) is 9.37. The molecule has 0 bridgehead atoms. The minimum Gasteiger partial charge on any atom is -0.548 e. The fourth-order valence-electron chi connectivity index (χ4n) is 3.76. The number of unbranched alkanes of at least 4 members (excludes halogenated alkanes) is 1. The Hall–Kier alpha value is -3.09. The van der Waals surface area contributed by atoms with E-state index in [1.165, 1.54) is 0 Å². The lowest BCUT2D eigenvalue weighted by Gasteiger charge is -2.19. The fourth-order valence-corrected chi connectivity index (χ4v) is 3.76. The first-order valence-electron chi connectivity index (χ1n) is 10.1. The lowest BCUT2D eigenvalue weighted by Crippen LogP contribution is -2.48. The molecule has 0 aliphatic carbocycles. The number of carbonyl (C=O) groups excluding carboxylic acids is 2. The summed E-state index contributed by atoms with van der Waals surface area (Å²) in [5.74, 6) is -1.09. The van der Waals surface area contributed by atoms with E-state index in [-0.39, 0.29) is 18.4 Å². The van der Waals surface area contributed by atoms with Crippen LogP contribution in [0.2, 0.25) is 0 Å². The van der Waals surface area contributed by atoms with E-state index in [2.05, 4.69) is 5.32 Å². The molecule has 0 saturated heterocycles. The van der Waals surface area contributed by atoms with Crippen molar-refractivity contribution in [2.45, 2.75) is 66.3 Å². The van der Waals surface area contributed by atoms with Crippen LogP contribution in [0.4, 0.5) is 0 Å². The fraction of sp³-hybridized carbons (Fsp3) is 0.435. The molecule has 3 rings (SSSR count). The van der Waals surface area contributed by atoms with Gasteiger partial charge in [-0.15, -0.1) is 0 Å². The van der Waals surface area contributed by atoms with Crippen LogP contribution in [-0.2, 0) is 16.0 Å². The van der Waals surface area contributed by atoms with E-state index in [4.69, 9.17) is 8.83 Å². The summed E-state index contributed by atoms with van der Waals surface area (Å²) in [5.41, 5.74) is 3.08. The van der Waals surface area contributed by atoms with Gasteiger partial charge in [-0.1, -0.05) is 19.8 Å². The molecule has 0 aliphatic heterocycles. The smallest absolute Gasteiger partial charge is 0.340 e. The Morgan fingerprint density at radius 1 is 1.03 bits per heavy atom. The number of carbonyl (C=O) groups is 2. The van der Waals surface area contributed by atoms with Crippen molar-refractivity contribution in [2.75, 3.05) is 0 Å². The molecule has 0 saturated carbocycles. The van der Waals surface area contributed by atoms with Crippen molar-refractivity contribution in [3.63, 3.8) is 0 Å². The zero-order valence-corrected chi connectivity index (χ0v) is 17.9. The number of fused-ring (bicyclic) bond motifs is 2. The van der Waals surface area contributed by atoms with Gasteiger partial charge in [0.25, 0.3) is 0 Å². The van der Waals surface area contributed by atoms with Crippen LogP contribution in [0.5, 0.6) is 0 Å². The molecule has 7 heteroatoms. The molecule has 1 atom stereocenters. The van der Waals surface area contributed by atoms with Crippen LogP contribution in [0.25, 0.3) is 21.9 Å². The number of carboxylic acids is 1. The first-order chi connectivity index (χ1) is 14.1. The number of benzene rings is 1. The van der Waals surface area contributed by atoms with E-state index in [0.717, 1.165) is 34.1 Å². The van der Waals surface area contributed by atoms with Crippen LogP contribution < -0.4 is 16.0 Å². The van der Waals surface area contributed by atoms with Crippen molar-refractivity contribution in [3.05, 3.63) is 44.5 Å². The molecule has 2 heterocycles. The Labute approximate surface area is 174 Å². The van der Waals surface area contributed by atoms with Crippen LogP contribution in [0.1, 0.15) is 54.2 Å². The third-order valence-corrected chi connectivity index (χ3v) is 5.75. The summed E-state index contributed by atoms with van der Waals surface area (Å²) in [4.78, 5) is 36.4. The van der Waals surface area contributed by atoms with E-state index in [9.17, 15) is 19.5 Å². The summed E-state index contributed by atoms with van der Waals surface area (Å²) in [7, 11) is 0. The Morgan fingerprint density at radius 3 is 2.30 bits per heavy atom. The molecule has 3 aromatic rings. The topological polar surface area (TPSA) is 113 Å². The molecule has 30 heavy (non-hydrogen) atoms. The quantitative estimate of drug-likeness (QED) is 0.597. The number of carboxylic acid groups (broad SMARTS) is 1. The van der Waals surface area contributed by atoms with Gasteiger partial charge in [-0.05, 0) is 51.3 Å². The minimum absolute atomic E-state index is 0.212. The molecule has 0 fully saturated rings. The molecule has 1 amide bonds. The molecule has 1 aromatic carbocycles. The second kappa shape index (κ2) is 8.34. The van der Waals surface area contributed by atoms with Gasteiger partial charge < -0.3 is 24.1 Å². The predicted molar refractivity (Wildman–Crippen MR) is 111 cm³/mol. The predicted octanol–water partition coefficient (Wildman–Crippen LogP) is 2.74. The summed E-state index contributed by atoms with van der Waals surface area (Å²) in [5, 5.41) is 15.4. The zero-order chi connectivity index (χ0) is 22.2. The number of aryl methyl sites for hydroxylation is 4. The molecule has 7 nitrogen and oxygen atoms in total. The largest absolute Gasteiger partial charge is 0.548 e. The molecule has 0 spiro atoms. The standard InChI is InChI=1S/C23H27NO6/c1-6-7-8-18(22(26)27)24-19(25)10-17-12(3)16-9-15-11(2)14(5)29-20(15)13(4)21(16)30-23(17)28/h9,18H,6-8,10H2,1-5H3,(H,24,25)(H,26,27)/p-1/t18-/m1/s1. The number of hydrogen-bond acceptors (Lipinski definition) is 6. The molecule has 2 aromatic heterocycles. The van der Waals surface area contributed by atoms with Crippen molar-refractivity contribution in [1.82, 2.24) is 5.32 Å². The number of rotatable bonds is 7. The van der Waals surface area contributed by atoms with E-state index in [0.29, 0.717) is 23.2 Å². The van der Waals surface area contributed by atoms with Gasteiger partial charge in [-0.3, -0.25) is 4.79 Å². The minimum atomic E-state index is -1.33. The van der Waals surface area contributed by atoms with Gasteiger partial charge in [-0.2, -0.15) is 0 Å². The number of nitrogens with one attached hydrogen (secondary N) is 1. The Kier molecular flexibility index (Phi) is 6.01. The van der Waals surface area contributed by atoms with Gasteiger partial charge in [0, 0.05) is 16.3 Å². The summed E-state index contributed by atoms with van der Waals surface area (Å²) < 4.78 is 11.4. The molecule has 160 valence electrons. The second-order valence-corrected chi connectivity index (χ2v) is 7.79. The van der Waals surface area contributed by atoms with Crippen molar-refractivity contribution < 1.29 is 23.5 Å². The molecular weight excluding hydrogens is 386 g/mol. The van der Waals surface area contributed by atoms with Gasteiger partial charge in [-0.25, -0.2) is 4.79 Å². The maximum atomic E-state index is 12.6. The molecule has 0 radical (unpaired) electrons. The summed E-state index contributed by atoms with van der Waals surface area (Å²) in [6.07, 6.45) is 1.47. The number of hydrogen-bond donors (Lipinski definition) is 1.